The molecule has 5 rings (SSSR count). The third kappa shape index (κ3) is 6.32. The maximum absolute atomic E-state index is 14.1. The summed E-state index contributed by atoms with van der Waals surface area (Å²) in [5.74, 6) is 0.186. The number of carbonyl (C=O) groups excluding carboxylic acids is 1. The Bertz CT molecular complexity index is 1860. The fourth-order valence-electron chi connectivity index (χ4n) is 4.60. The van der Waals surface area contributed by atoms with Crippen LogP contribution in [-0.2, 0) is 16.1 Å². The highest BCUT2D eigenvalue weighted by Crippen LogP contribution is 2.32. The van der Waals surface area contributed by atoms with Gasteiger partial charge in [-0.05, 0) is 95.8 Å². The van der Waals surface area contributed by atoms with Gasteiger partial charge in [0.1, 0.15) is 12.4 Å². The van der Waals surface area contributed by atoms with Crippen molar-refractivity contribution in [3.8, 4) is 5.75 Å². The van der Waals surface area contributed by atoms with Gasteiger partial charge in [-0.15, -0.1) is 0 Å². The minimum atomic E-state index is -0.653. The van der Waals surface area contributed by atoms with E-state index in [1.165, 1.54) is 11.3 Å². The predicted octanol–water partition coefficient (Wildman–Crippen LogP) is 6.55. The lowest BCUT2D eigenvalue weighted by atomic mass is 9.95. The van der Waals surface area contributed by atoms with Crippen molar-refractivity contribution in [2.75, 3.05) is 6.61 Å². The minimum Gasteiger partial charge on any atom is -0.487 e. The molecule has 1 aliphatic heterocycles. The van der Waals surface area contributed by atoms with E-state index >= 15 is 0 Å². The van der Waals surface area contributed by atoms with Crippen LogP contribution < -0.4 is 19.6 Å². The number of esters is 1. The summed E-state index contributed by atoms with van der Waals surface area (Å²) in [6, 6.07) is 18.7. The van der Waals surface area contributed by atoms with E-state index in [-0.39, 0.29) is 18.8 Å². The zero-order valence-corrected chi connectivity index (χ0v) is 28.3. The zero-order valence-electron chi connectivity index (χ0n) is 22.4. The van der Waals surface area contributed by atoms with E-state index in [0.717, 1.165) is 29.4 Å². The molecule has 0 aliphatic carbocycles. The molecule has 6 nitrogen and oxygen atoms in total. The molecule has 0 amide bonds. The number of benzene rings is 3. The summed E-state index contributed by atoms with van der Waals surface area (Å²) >= 11 is 12.2. The Morgan fingerprint density at radius 3 is 2.56 bits per heavy atom. The highest BCUT2D eigenvalue weighted by Gasteiger charge is 2.33. The van der Waals surface area contributed by atoms with Gasteiger partial charge in [0.2, 0.25) is 0 Å². The van der Waals surface area contributed by atoms with Crippen LogP contribution in [-0.4, -0.2) is 17.1 Å². The monoisotopic (exact) mass is 810 g/mol. The first-order chi connectivity index (χ1) is 19.7. The van der Waals surface area contributed by atoms with Crippen LogP contribution in [0.3, 0.4) is 0 Å². The number of hydrogen-bond donors (Lipinski definition) is 0. The smallest absolute Gasteiger partial charge is 0.338 e. The first-order valence-electron chi connectivity index (χ1n) is 12.8. The van der Waals surface area contributed by atoms with Crippen molar-refractivity contribution >= 4 is 80.2 Å². The van der Waals surface area contributed by atoms with Crippen molar-refractivity contribution in [2.24, 2.45) is 4.99 Å². The summed E-state index contributed by atoms with van der Waals surface area (Å²) in [5, 5.41) is 0.631. The number of rotatable bonds is 7. The van der Waals surface area contributed by atoms with E-state index in [4.69, 9.17) is 21.1 Å². The van der Waals surface area contributed by atoms with E-state index in [0.29, 0.717) is 31.4 Å². The van der Waals surface area contributed by atoms with Crippen LogP contribution in [0, 0.1) is 14.1 Å². The van der Waals surface area contributed by atoms with E-state index in [2.05, 4.69) is 50.2 Å². The Kier molecular flexibility index (Phi) is 9.37. The topological polar surface area (TPSA) is 69.9 Å². The highest BCUT2D eigenvalue weighted by molar-refractivity contribution is 14.1. The molecule has 4 aromatic rings. The second-order valence-electron chi connectivity index (χ2n) is 9.40. The van der Waals surface area contributed by atoms with Gasteiger partial charge in [0.05, 0.1) is 32.0 Å². The number of allylic oxidation sites excluding steroid dienone is 1. The number of fused-ring (bicyclic) bond motifs is 1. The highest BCUT2D eigenvalue weighted by atomic mass is 127. The first kappa shape index (κ1) is 30.0. The molecule has 0 fully saturated rings. The van der Waals surface area contributed by atoms with Crippen LogP contribution in [0.2, 0.25) is 5.02 Å². The second kappa shape index (κ2) is 12.8. The van der Waals surface area contributed by atoms with Gasteiger partial charge in [0, 0.05) is 19.7 Å². The molecule has 0 saturated carbocycles. The fraction of sp³-hybridized carbons (Fsp3) is 0.194. The van der Waals surface area contributed by atoms with Crippen molar-refractivity contribution < 1.29 is 14.3 Å². The molecule has 3 aromatic carbocycles. The number of ether oxygens (including phenoxy) is 2. The van der Waals surface area contributed by atoms with Crippen molar-refractivity contribution in [3.05, 3.63) is 126 Å². The third-order valence-corrected chi connectivity index (χ3v) is 9.34. The largest absolute Gasteiger partial charge is 0.487 e. The molecule has 1 aliphatic rings. The van der Waals surface area contributed by atoms with Gasteiger partial charge in [-0.1, -0.05) is 71.0 Å². The summed E-state index contributed by atoms with van der Waals surface area (Å²) < 4.78 is 15.7. The van der Waals surface area contributed by atoms with Crippen molar-refractivity contribution in [2.45, 2.75) is 33.4 Å². The van der Waals surface area contributed by atoms with Crippen LogP contribution in [0.4, 0.5) is 0 Å². The molecule has 0 spiro atoms. The van der Waals surface area contributed by atoms with Gasteiger partial charge in [-0.3, -0.25) is 9.36 Å². The summed E-state index contributed by atoms with van der Waals surface area (Å²) in [6.07, 6.45) is 1.84. The standard InChI is InChI=1S/C31H25ClI2N2O4S/c1-4-39-30(38)26-18(3)35-31-36(27(26)19-11-9-17(2)10-12-19)29(37)25(41-31)14-21-13-22(33)15-24(34)28(21)40-16-20-7-5-6-8-23(20)32/h5-15,27H,4,16H2,1-3H3/b25-14-/t27-/m1/s1. The van der Waals surface area contributed by atoms with Crippen molar-refractivity contribution in [1.82, 2.24) is 4.57 Å². The normalized spacial score (nSPS) is 15.0. The lowest BCUT2D eigenvalue weighted by Gasteiger charge is -2.24. The van der Waals surface area contributed by atoms with E-state index in [1.807, 2.05) is 73.7 Å². The molecule has 0 N–H and O–H groups in total. The number of carbonyl (C=O) groups is 1. The van der Waals surface area contributed by atoms with E-state index in [1.54, 1.807) is 18.4 Å². The Balaban J connectivity index is 1.65. The predicted molar refractivity (Wildman–Crippen MR) is 179 cm³/mol. The average molecular weight is 811 g/mol. The van der Waals surface area contributed by atoms with Gasteiger partial charge in [-0.25, -0.2) is 9.79 Å². The molecule has 1 aromatic heterocycles. The molecule has 41 heavy (non-hydrogen) atoms. The van der Waals surface area contributed by atoms with Crippen molar-refractivity contribution in [1.29, 1.82) is 0 Å². The lowest BCUT2D eigenvalue weighted by Crippen LogP contribution is -2.39. The van der Waals surface area contributed by atoms with Gasteiger partial charge >= 0.3 is 5.97 Å². The van der Waals surface area contributed by atoms with Gasteiger partial charge in [0.15, 0.2) is 4.80 Å². The van der Waals surface area contributed by atoms with E-state index in [9.17, 15) is 9.59 Å². The molecule has 2 heterocycles. The summed E-state index contributed by atoms with van der Waals surface area (Å²) in [6.45, 7) is 6.05. The summed E-state index contributed by atoms with van der Waals surface area (Å²) in [7, 11) is 0. The zero-order chi connectivity index (χ0) is 29.3. The Hall–Kier alpha value is -2.48. The molecule has 1 atom stereocenters. The lowest BCUT2D eigenvalue weighted by molar-refractivity contribution is -0.139. The fourth-order valence-corrected chi connectivity index (χ4v) is 7.88. The van der Waals surface area contributed by atoms with Gasteiger partial charge < -0.3 is 9.47 Å². The van der Waals surface area contributed by atoms with Crippen LogP contribution in [0.15, 0.2) is 81.7 Å². The summed E-state index contributed by atoms with van der Waals surface area (Å²) in [4.78, 5) is 32.4. The molecule has 0 unspecified atom stereocenters. The van der Waals surface area contributed by atoms with Gasteiger partial charge in [0.25, 0.3) is 5.56 Å². The maximum atomic E-state index is 14.1. The van der Waals surface area contributed by atoms with Crippen LogP contribution >= 0.6 is 68.1 Å². The number of hydrogen-bond acceptors (Lipinski definition) is 6. The first-order valence-corrected chi connectivity index (χ1v) is 16.1. The summed E-state index contributed by atoms with van der Waals surface area (Å²) in [5.41, 5.74) is 4.20. The van der Waals surface area contributed by atoms with Crippen LogP contribution in [0.25, 0.3) is 6.08 Å². The SMILES string of the molecule is CCOC(=O)C1=C(C)N=c2s/c(=C\c3cc(I)cc(I)c3OCc3ccccc3Cl)c(=O)n2[C@@H]1c1ccc(C)cc1. The average Bonchev–Trinajstić information content (AvgIpc) is 3.23. The Labute approximate surface area is 273 Å². The molecule has 0 bridgehead atoms. The quantitative estimate of drug-likeness (QED) is 0.157. The molecular formula is C31H25ClI2N2O4S. The van der Waals surface area contributed by atoms with Crippen molar-refractivity contribution in [3.63, 3.8) is 0 Å². The minimum absolute atomic E-state index is 0.225. The number of nitrogens with zero attached hydrogens (tertiary/aromatic N) is 2. The van der Waals surface area contributed by atoms with Gasteiger partial charge in [-0.2, -0.15) is 0 Å². The van der Waals surface area contributed by atoms with Crippen LogP contribution in [0.1, 0.15) is 42.1 Å². The Morgan fingerprint density at radius 1 is 1.12 bits per heavy atom. The molecule has 0 radical (unpaired) electrons. The molecule has 10 heteroatoms. The second-order valence-corrected chi connectivity index (χ2v) is 13.2. The molecular weight excluding hydrogens is 786 g/mol. The number of aryl methyl sites for hydroxylation is 1. The number of halogens is 3. The maximum Gasteiger partial charge on any atom is 0.338 e. The van der Waals surface area contributed by atoms with Crippen LogP contribution in [0.5, 0.6) is 5.75 Å². The number of thiazole rings is 1. The third-order valence-electron chi connectivity index (χ3n) is 6.56. The van der Waals surface area contributed by atoms with E-state index < -0.39 is 12.0 Å². The Morgan fingerprint density at radius 2 is 1.85 bits per heavy atom. The molecule has 0 saturated heterocycles. The molecule has 210 valence electrons. The number of aromatic nitrogens is 1.